The maximum Gasteiger partial charge on any atom is 0.195 e. The Hall–Kier alpha value is -5.42. The fourth-order valence-corrected chi connectivity index (χ4v) is 7.07. The van der Waals surface area contributed by atoms with E-state index >= 15 is 0 Å². The third-order valence-corrected chi connectivity index (χ3v) is 9.73. The van der Waals surface area contributed by atoms with Gasteiger partial charge in [-0.25, -0.2) is 0 Å². The molecule has 0 radical (unpaired) electrons. The molecule has 0 saturated carbocycles. The molecule has 0 atom stereocenters. The van der Waals surface area contributed by atoms with Gasteiger partial charge >= 0.3 is 0 Å². The van der Waals surface area contributed by atoms with Crippen molar-refractivity contribution in [2.24, 2.45) is 0 Å². The lowest BCUT2D eigenvalue weighted by atomic mass is 9.96. The van der Waals surface area contributed by atoms with Crippen molar-refractivity contribution in [3.63, 3.8) is 0 Å². The Morgan fingerprint density at radius 1 is 0.413 bits per heavy atom. The summed E-state index contributed by atoms with van der Waals surface area (Å²) in [6.45, 7) is 0. The Morgan fingerprint density at radius 2 is 0.739 bits per heavy atom. The van der Waals surface area contributed by atoms with Crippen molar-refractivity contribution in [1.29, 1.82) is 0 Å². The van der Waals surface area contributed by atoms with Crippen molar-refractivity contribution in [3.05, 3.63) is 177 Å². The van der Waals surface area contributed by atoms with Gasteiger partial charge in [0.05, 0.1) is 9.75 Å². The lowest BCUT2D eigenvalue weighted by Crippen LogP contribution is -1.90. The molecular weight excluding hydrogens is 601 g/mol. The van der Waals surface area contributed by atoms with E-state index in [0.29, 0.717) is 0 Å². The molecule has 0 fully saturated rings. The van der Waals surface area contributed by atoms with E-state index in [4.69, 9.17) is 0 Å². The summed E-state index contributed by atoms with van der Waals surface area (Å²) in [6.07, 6.45) is 7.26. The maximum absolute atomic E-state index is 12.3. The van der Waals surface area contributed by atoms with E-state index in [1.54, 1.807) is 12.2 Å². The minimum atomic E-state index is 0.0528. The standard InChI is InChI=1S/2C21H14OS/c2*22-20(21-10-5-13-23-21)12-11-19-17-8-3-1-6-15(17)14-16-7-2-4-9-18(16)19/h2*1-14H/b2*12-11-. The molecule has 0 unspecified atom stereocenters. The molecule has 46 heavy (non-hydrogen) atoms. The van der Waals surface area contributed by atoms with Gasteiger partial charge in [0.2, 0.25) is 0 Å². The van der Waals surface area contributed by atoms with Gasteiger partial charge in [-0.15, -0.1) is 22.7 Å². The molecule has 0 bridgehead atoms. The van der Waals surface area contributed by atoms with Crippen LogP contribution in [0.5, 0.6) is 0 Å². The molecule has 8 rings (SSSR count). The van der Waals surface area contributed by atoms with Crippen LogP contribution >= 0.6 is 22.7 Å². The molecule has 0 saturated heterocycles. The monoisotopic (exact) mass is 628 g/mol. The zero-order valence-electron chi connectivity index (χ0n) is 24.8. The minimum absolute atomic E-state index is 0.0528. The van der Waals surface area contributed by atoms with Crippen LogP contribution < -0.4 is 0 Å². The summed E-state index contributed by atoms with van der Waals surface area (Å²) in [5, 5.41) is 13.3. The number of carbonyl (C=O) groups is 2. The maximum atomic E-state index is 12.3. The van der Waals surface area contributed by atoms with Crippen LogP contribution in [-0.2, 0) is 0 Å². The Labute approximate surface area is 275 Å². The van der Waals surface area contributed by atoms with Crippen molar-refractivity contribution >= 4 is 89.5 Å². The van der Waals surface area contributed by atoms with Crippen LogP contribution in [0, 0.1) is 0 Å². The summed E-state index contributed by atoms with van der Waals surface area (Å²) in [6, 6.07) is 45.1. The van der Waals surface area contributed by atoms with Gasteiger partial charge in [-0.1, -0.05) is 109 Å². The summed E-state index contributed by atoms with van der Waals surface area (Å²) in [5.41, 5.74) is 2.20. The van der Waals surface area contributed by atoms with Crippen LogP contribution in [0.25, 0.3) is 55.2 Å². The summed E-state index contributed by atoms with van der Waals surface area (Å²) in [5.74, 6) is 0.106. The van der Waals surface area contributed by atoms with Crippen molar-refractivity contribution in [1.82, 2.24) is 0 Å². The fraction of sp³-hybridized carbons (Fsp3) is 0. The molecule has 0 spiro atoms. The molecule has 220 valence electrons. The molecule has 2 heterocycles. The summed E-state index contributed by atoms with van der Waals surface area (Å²) >= 11 is 2.95. The number of fused-ring (bicyclic) bond motifs is 4. The number of benzene rings is 6. The average molecular weight is 629 g/mol. The van der Waals surface area contributed by atoms with Crippen LogP contribution in [0.4, 0.5) is 0 Å². The van der Waals surface area contributed by atoms with Crippen LogP contribution in [0.3, 0.4) is 0 Å². The van der Waals surface area contributed by atoms with E-state index in [-0.39, 0.29) is 11.6 Å². The van der Waals surface area contributed by atoms with Crippen molar-refractivity contribution in [3.8, 4) is 0 Å². The predicted octanol–water partition coefficient (Wildman–Crippen LogP) is 11.9. The fourth-order valence-electron chi connectivity index (χ4n) is 5.78. The van der Waals surface area contributed by atoms with E-state index in [9.17, 15) is 9.59 Å². The molecule has 0 aliphatic heterocycles. The van der Waals surface area contributed by atoms with Gasteiger partial charge in [0.15, 0.2) is 11.6 Å². The Bertz CT molecular complexity index is 2120. The van der Waals surface area contributed by atoms with Crippen molar-refractivity contribution in [2.75, 3.05) is 0 Å². The molecule has 0 amide bonds. The molecule has 6 aromatic carbocycles. The van der Waals surface area contributed by atoms with Crippen LogP contribution in [0.15, 0.2) is 156 Å². The smallest absolute Gasteiger partial charge is 0.195 e. The second kappa shape index (κ2) is 13.3. The van der Waals surface area contributed by atoms with Crippen LogP contribution in [0.1, 0.15) is 30.5 Å². The normalized spacial score (nSPS) is 11.5. The number of hydrogen-bond donors (Lipinski definition) is 0. The molecular formula is C42H28O2S2. The highest BCUT2D eigenvalue weighted by atomic mass is 32.1. The highest BCUT2D eigenvalue weighted by Crippen LogP contribution is 2.31. The third-order valence-electron chi connectivity index (χ3n) is 7.96. The van der Waals surface area contributed by atoms with Gasteiger partial charge in [0.1, 0.15) is 0 Å². The first-order valence-corrected chi connectivity index (χ1v) is 16.7. The van der Waals surface area contributed by atoms with Crippen molar-refractivity contribution in [2.45, 2.75) is 0 Å². The zero-order valence-corrected chi connectivity index (χ0v) is 26.4. The molecule has 2 nitrogen and oxygen atoms in total. The number of rotatable bonds is 6. The quantitative estimate of drug-likeness (QED) is 0.104. The van der Waals surface area contributed by atoms with Crippen LogP contribution in [-0.4, -0.2) is 11.6 Å². The Balaban J connectivity index is 0.000000147. The molecule has 8 aromatic rings. The second-order valence-electron chi connectivity index (χ2n) is 10.8. The topological polar surface area (TPSA) is 34.1 Å². The van der Waals surface area contributed by atoms with E-state index in [1.165, 1.54) is 65.8 Å². The van der Waals surface area contributed by atoms with Gasteiger partial charge in [0.25, 0.3) is 0 Å². The number of ketones is 2. The van der Waals surface area contributed by atoms with Gasteiger partial charge < -0.3 is 0 Å². The zero-order chi connectivity index (χ0) is 31.3. The lowest BCUT2D eigenvalue weighted by Gasteiger charge is -2.08. The SMILES string of the molecule is O=C(/C=C\c1c2ccccc2cc2ccccc12)c1cccs1.O=C(/C=C\c1c2ccccc2cc2ccccc12)c1cccs1. The first-order chi connectivity index (χ1) is 22.7. The van der Waals surface area contributed by atoms with E-state index in [0.717, 1.165) is 20.9 Å². The molecule has 2 aromatic heterocycles. The van der Waals surface area contributed by atoms with Gasteiger partial charge in [-0.2, -0.15) is 0 Å². The largest absolute Gasteiger partial charge is 0.288 e. The lowest BCUT2D eigenvalue weighted by molar-refractivity contribution is 0.104. The minimum Gasteiger partial charge on any atom is -0.288 e. The average Bonchev–Trinajstić information content (AvgIpc) is 3.85. The summed E-state index contributed by atoms with van der Waals surface area (Å²) < 4.78 is 0. The molecule has 0 aliphatic carbocycles. The Morgan fingerprint density at radius 3 is 1.04 bits per heavy atom. The molecule has 4 heteroatoms. The highest BCUT2D eigenvalue weighted by Gasteiger charge is 2.08. The third kappa shape index (κ3) is 6.09. The van der Waals surface area contributed by atoms with E-state index in [2.05, 4.69) is 60.7 Å². The second-order valence-corrected chi connectivity index (χ2v) is 12.7. The summed E-state index contributed by atoms with van der Waals surface area (Å²) in [4.78, 5) is 26.1. The number of carbonyl (C=O) groups excluding carboxylic acids is 2. The number of hydrogen-bond acceptors (Lipinski definition) is 4. The first-order valence-electron chi connectivity index (χ1n) is 15.0. The number of thiophene rings is 2. The number of allylic oxidation sites excluding steroid dienone is 2. The van der Waals surface area contributed by atoms with Gasteiger partial charge in [-0.05, 0) is 114 Å². The molecule has 0 aliphatic rings. The van der Waals surface area contributed by atoms with Gasteiger partial charge in [0, 0.05) is 0 Å². The summed E-state index contributed by atoms with van der Waals surface area (Å²) in [7, 11) is 0. The van der Waals surface area contributed by atoms with E-state index < -0.39 is 0 Å². The van der Waals surface area contributed by atoms with E-state index in [1.807, 2.05) is 95.7 Å². The molecule has 0 N–H and O–H groups in total. The Kier molecular flexibility index (Phi) is 8.46. The van der Waals surface area contributed by atoms with Gasteiger partial charge in [-0.3, -0.25) is 9.59 Å². The predicted molar refractivity (Wildman–Crippen MR) is 198 cm³/mol. The highest BCUT2D eigenvalue weighted by molar-refractivity contribution is 7.12. The van der Waals surface area contributed by atoms with Crippen LogP contribution in [0.2, 0.25) is 0 Å². The first kappa shape index (κ1) is 29.3. The van der Waals surface area contributed by atoms with Crippen molar-refractivity contribution < 1.29 is 9.59 Å².